The maximum atomic E-state index is 12.2. The van der Waals surface area contributed by atoms with Gasteiger partial charge in [-0.2, -0.15) is 5.10 Å². The van der Waals surface area contributed by atoms with E-state index in [1.807, 2.05) is 18.2 Å². The van der Waals surface area contributed by atoms with Gasteiger partial charge in [0.1, 0.15) is 0 Å². The molecule has 0 unspecified atom stereocenters. The highest BCUT2D eigenvalue weighted by molar-refractivity contribution is 6.30. The van der Waals surface area contributed by atoms with Crippen molar-refractivity contribution in [2.45, 2.75) is 25.9 Å². The number of hydrogen-bond donors (Lipinski definition) is 0. The lowest BCUT2D eigenvalue weighted by Crippen LogP contribution is -2.48. The summed E-state index contributed by atoms with van der Waals surface area (Å²) in [6.45, 7) is 4.27. The van der Waals surface area contributed by atoms with Gasteiger partial charge in [-0.3, -0.25) is 9.69 Å². The maximum absolute atomic E-state index is 12.2. The molecule has 6 heteroatoms. The number of piperazine rings is 1. The summed E-state index contributed by atoms with van der Waals surface area (Å²) in [7, 11) is 0. The van der Waals surface area contributed by atoms with Crippen molar-refractivity contribution in [3.05, 3.63) is 57.0 Å². The van der Waals surface area contributed by atoms with Crippen LogP contribution in [-0.4, -0.2) is 40.9 Å². The van der Waals surface area contributed by atoms with Crippen molar-refractivity contribution < 1.29 is 0 Å². The Hall–Kier alpha value is -1.85. The van der Waals surface area contributed by atoms with Gasteiger partial charge >= 0.3 is 0 Å². The number of benzene rings is 1. The van der Waals surface area contributed by atoms with Crippen LogP contribution in [-0.2, 0) is 19.5 Å². The number of halogens is 1. The summed E-state index contributed by atoms with van der Waals surface area (Å²) in [5.41, 5.74) is 3.43. The number of hydrogen-bond acceptors (Lipinski definition) is 4. The Kier molecular flexibility index (Phi) is 4.29. The fourth-order valence-electron chi connectivity index (χ4n) is 3.55. The molecule has 0 atom stereocenters. The molecular weight excluding hydrogens is 324 g/mol. The monoisotopic (exact) mass is 344 g/mol. The molecule has 1 aromatic heterocycles. The highest BCUT2D eigenvalue weighted by atomic mass is 35.5. The van der Waals surface area contributed by atoms with Crippen molar-refractivity contribution in [2.24, 2.45) is 0 Å². The van der Waals surface area contributed by atoms with Crippen LogP contribution in [0.25, 0.3) is 0 Å². The number of aromatic nitrogens is 2. The van der Waals surface area contributed by atoms with E-state index in [1.165, 1.54) is 0 Å². The summed E-state index contributed by atoms with van der Waals surface area (Å²) < 4.78 is 1.62. The predicted molar refractivity (Wildman–Crippen MR) is 95.8 cm³/mol. The van der Waals surface area contributed by atoms with E-state index in [0.717, 1.165) is 67.4 Å². The van der Waals surface area contributed by atoms with Crippen molar-refractivity contribution in [1.82, 2.24) is 14.7 Å². The first kappa shape index (κ1) is 15.7. The van der Waals surface area contributed by atoms with Crippen molar-refractivity contribution in [3.8, 4) is 0 Å². The van der Waals surface area contributed by atoms with Crippen LogP contribution in [0.5, 0.6) is 0 Å². The minimum atomic E-state index is 0.0212. The van der Waals surface area contributed by atoms with E-state index in [2.05, 4.69) is 21.0 Å². The molecule has 1 aliphatic carbocycles. The molecule has 0 N–H and O–H groups in total. The van der Waals surface area contributed by atoms with Crippen molar-refractivity contribution >= 4 is 17.3 Å². The summed E-state index contributed by atoms with van der Waals surface area (Å²) in [5.74, 6) is 0. The Balaban J connectivity index is 1.41. The van der Waals surface area contributed by atoms with Crippen molar-refractivity contribution in [1.29, 1.82) is 0 Å². The van der Waals surface area contributed by atoms with Gasteiger partial charge in [-0.1, -0.05) is 17.7 Å². The third-order valence-corrected chi connectivity index (χ3v) is 5.14. The van der Waals surface area contributed by atoms with Gasteiger partial charge in [-0.25, -0.2) is 4.68 Å². The number of rotatable bonds is 3. The third-order valence-electron chi connectivity index (χ3n) is 4.90. The minimum absolute atomic E-state index is 0.0212. The molecule has 24 heavy (non-hydrogen) atoms. The van der Waals surface area contributed by atoms with Gasteiger partial charge in [0.25, 0.3) is 5.56 Å². The average Bonchev–Trinajstić information content (AvgIpc) is 3.03. The molecule has 0 bridgehead atoms. The molecule has 1 fully saturated rings. The first-order chi connectivity index (χ1) is 11.7. The molecule has 0 radical (unpaired) electrons. The van der Waals surface area contributed by atoms with E-state index in [4.69, 9.17) is 11.6 Å². The number of nitrogens with zero attached hydrogens (tertiary/aromatic N) is 4. The van der Waals surface area contributed by atoms with Crippen molar-refractivity contribution in [3.63, 3.8) is 0 Å². The zero-order valence-corrected chi connectivity index (χ0v) is 14.4. The van der Waals surface area contributed by atoms with E-state index >= 15 is 0 Å². The first-order valence-corrected chi connectivity index (χ1v) is 8.90. The number of aryl methyl sites for hydroxylation is 2. The zero-order chi connectivity index (χ0) is 16.5. The summed E-state index contributed by atoms with van der Waals surface area (Å²) in [6.07, 6.45) is 3.11. The molecule has 0 saturated carbocycles. The number of fused-ring (bicyclic) bond motifs is 1. The number of anilines is 1. The van der Waals surface area contributed by atoms with Crippen LogP contribution in [0.4, 0.5) is 5.69 Å². The average molecular weight is 345 g/mol. The lowest BCUT2D eigenvalue weighted by atomic mass is 10.2. The van der Waals surface area contributed by atoms with Crippen LogP contribution in [0.15, 0.2) is 35.1 Å². The maximum Gasteiger partial charge on any atom is 0.268 e. The summed E-state index contributed by atoms with van der Waals surface area (Å²) >= 11 is 6.08. The van der Waals surface area contributed by atoms with E-state index in [1.54, 1.807) is 10.7 Å². The SMILES string of the molecule is O=c1cc2c(nn1CN1CCN(c3cccc(Cl)c3)CC1)CCC2. The van der Waals surface area contributed by atoms with E-state index in [-0.39, 0.29) is 5.56 Å². The van der Waals surface area contributed by atoms with Crippen LogP contribution >= 0.6 is 11.6 Å². The molecule has 1 aliphatic heterocycles. The molecule has 1 saturated heterocycles. The van der Waals surface area contributed by atoms with Crippen molar-refractivity contribution in [2.75, 3.05) is 31.1 Å². The van der Waals surface area contributed by atoms with Gasteiger partial charge < -0.3 is 4.90 Å². The standard InChI is InChI=1S/C18H21ClN4O/c19-15-4-2-5-16(12-15)22-9-7-21(8-10-22)13-23-18(24)11-14-3-1-6-17(14)20-23/h2,4-5,11-12H,1,3,6-10,13H2. The Bertz CT molecular complexity index is 796. The highest BCUT2D eigenvalue weighted by Gasteiger charge is 2.20. The topological polar surface area (TPSA) is 41.4 Å². The molecule has 0 spiro atoms. The second kappa shape index (κ2) is 6.57. The lowest BCUT2D eigenvalue weighted by Gasteiger charge is -2.36. The van der Waals surface area contributed by atoms with Crippen LogP contribution in [0.1, 0.15) is 17.7 Å². The summed E-state index contributed by atoms with van der Waals surface area (Å²) in [6, 6.07) is 9.75. The zero-order valence-electron chi connectivity index (χ0n) is 13.6. The van der Waals surface area contributed by atoms with E-state index in [0.29, 0.717) is 6.67 Å². The van der Waals surface area contributed by atoms with Gasteiger partial charge in [0.2, 0.25) is 0 Å². The Labute approximate surface area is 146 Å². The second-order valence-corrected chi connectivity index (χ2v) is 6.97. The van der Waals surface area contributed by atoms with Crippen LogP contribution in [0, 0.1) is 0 Å². The predicted octanol–water partition coefficient (Wildman–Crippen LogP) is 2.17. The van der Waals surface area contributed by atoms with Gasteiger partial charge in [-0.15, -0.1) is 0 Å². The highest BCUT2D eigenvalue weighted by Crippen LogP contribution is 2.21. The van der Waals surface area contributed by atoms with Crippen LogP contribution in [0.3, 0.4) is 0 Å². The van der Waals surface area contributed by atoms with E-state index < -0.39 is 0 Å². The lowest BCUT2D eigenvalue weighted by molar-refractivity contribution is 0.191. The Morgan fingerprint density at radius 3 is 2.71 bits per heavy atom. The molecule has 4 rings (SSSR count). The molecular formula is C18H21ClN4O. The normalized spacial score (nSPS) is 18.0. The molecule has 0 amide bonds. The second-order valence-electron chi connectivity index (χ2n) is 6.53. The molecule has 126 valence electrons. The van der Waals surface area contributed by atoms with Gasteiger partial charge in [-0.05, 0) is 43.0 Å². The van der Waals surface area contributed by atoms with E-state index in [9.17, 15) is 4.79 Å². The molecule has 5 nitrogen and oxygen atoms in total. The summed E-state index contributed by atoms with van der Waals surface area (Å²) in [5, 5.41) is 5.33. The van der Waals surface area contributed by atoms with Gasteiger partial charge in [0, 0.05) is 43.0 Å². The van der Waals surface area contributed by atoms with Gasteiger partial charge in [0.05, 0.1) is 12.4 Å². The third kappa shape index (κ3) is 3.19. The Morgan fingerprint density at radius 2 is 1.92 bits per heavy atom. The molecule has 2 aliphatic rings. The fraction of sp³-hybridized carbons (Fsp3) is 0.444. The Morgan fingerprint density at radius 1 is 1.08 bits per heavy atom. The smallest absolute Gasteiger partial charge is 0.268 e. The van der Waals surface area contributed by atoms with Gasteiger partial charge in [0.15, 0.2) is 0 Å². The van der Waals surface area contributed by atoms with Crippen LogP contribution in [0.2, 0.25) is 5.02 Å². The molecule has 1 aromatic carbocycles. The minimum Gasteiger partial charge on any atom is -0.369 e. The van der Waals surface area contributed by atoms with Crippen LogP contribution < -0.4 is 10.5 Å². The first-order valence-electron chi connectivity index (χ1n) is 8.52. The summed E-state index contributed by atoms with van der Waals surface area (Å²) in [4.78, 5) is 16.8. The fourth-order valence-corrected chi connectivity index (χ4v) is 3.73. The quantitative estimate of drug-likeness (QED) is 0.855. The molecule has 2 aromatic rings. The largest absolute Gasteiger partial charge is 0.369 e. The molecule has 2 heterocycles.